The van der Waals surface area contributed by atoms with Crippen molar-refractivity contribution in [3.8, 4) is 23.2 Å². The number of anilines is 1. The first-order valence-corrected chi connectivity index (χ1v) is 9.47. The number of fused-ring (bicyclic) bond motifs is 1. The Bertz CT molecular complexity index is 1220. The van der Waals surface area contributed by atoms with E-state index in [-0.39, 0.29) is 0 Å². The summed E-state index contributed by atoms with van der Waals surface area (Å²) in [5.74, 6) is 6.84. The third-order valence-corrected chi connectivity index (χ3v) is 5.24. The molecular weight excluding hydrogens is 370 g/mol. The van der Waals surface area contributed by atoms with E-state index in [4.69, 9.17) is 5.73 Å². The van der Waals surface area contributed by atoms with Crippen molar-refractivity contribution in [2.45, 2.75) is 19.4 Å². The lowest BCUT2D eigenvalue weighted by Gasteiger charge is -2.12. The number of aliphatic hydroxyl groups is 1. The average Bonchev–Trinajstić information content (AvgIpc) is 3.23. The summed E-state index contributed by atoms with van der Waals surface area (Å²) in [4.78, 5) is 17.4. The van der Waals surface area contributed by atoms with E-state index in [1.807, 2.05) is 42.6 Å². The first-order chi connectivity index (χ1) is 13.4. The van der Waals surface area contributed by atoms with Crippen LogP contribution in [0.3, 0.4) is 0 Å². The maximum atomic E-state index is 10.5. The number of benzene rings is 1. The predicted molar refractivity (Wildman–Crippen MR) is 110 cm³/mol. The number of nitrogens with two attached hydrogens (primary N) is 1. The predicted octanol–water partition coefficient (Wildman–Crippen LogP) is 3.30. The van der Waals surface area contributed by atoms with Crippen LogP contribution in [0.4, 0.5) is 5.82 Å². The van der Waals surface area contributed by atoms with Crippen LogP contribution in [0, 0.1) is 18.8 Å². The van der Waals surface area contributed by atoms with E-state index < -0.39 is 5.60 Å². The van der Waals surface area contributed by atoms with E-state index in [0.29, 0.717) is 22.2 Å². The first kappa shape index (κ1) is 18.0. The molecule has 7 heteroatoms. The molecule has 0 spiro atoms. The van der Waals surface area contributed by atoms with Crippen LogP contribution in [-0.2, 0) is 5.60 Å². The molecule has 0 aliphatic rings. The Balaban J connectivity index is 1.74. The molecule has 0 fully saturated rings. The summed E-state index contributed by atoms with van der Waals surface area (Å²) in [6.45, 7) is 3.55. The van der Waals surface area contributed by atoms with Crippen LogP contribution in [0.25, 0.3) is 22.3 Å². The van der Waals surface area contributed by atoms with Crippen LogP contribution < -0.4 is 5.73 Å². The van der Waals surface area contributed by atoms with E-state index in [0.717, 1.165) is 22.2 Å². The molecule has 28 heavy (non-hydrogen) atoms. The van der Waals surface area contributed by atoms with Crippen molar-refractivity contribution in [1.29, 1.82) is 0 Å². The molecule has 1 unspecified atom stereocenters. The first-order valence-electron chi connectivity index (χ1n) is 8.59. The standard InChI is InChI=1S/C21H17N5OS/c1-13-16-7-9-23-18(22)17(16)26-19(25-13)15-5-3-4-14(12-15)6-8-21(2,27)20-24-10-11-28-20/h3-5,7,9-12,27H,1-2H3,(H2,22,23). The zero-order chi connectivity index (χ0) is 19.7. The van der Waals surface area contributed by atoms with Crippen molar-refractivity contribution >= 4 is 28.1 Å². The van der Waals surface area contributed by atoms with E-state index in [9.17, 15) is 5.11 Å². The highest BCUT2D eigenvalue weighted by atomic mass is 32.1. The number of rotatable bonds is 2. The lowest BCUT2D eigenvalue weighted by atomic mass is 10.1. The molecule has 6 nitrogen and oxygen atoms in total. The van der Waals surface area contributed by atoms with Gasteiger partial charge in [-0.15, -0.1) is 11.3 Å². The molecule has 3 heterocycles. The van der Waals surface area contributed by atoms with E-state index in [1.54, 1.807) is 19.3 Å². The normalized spacial score (nSPS) is 13.0. The summed E-state index contributed by atoms with van der Waals surface area (Å²) < 4.78 is 0. The second kappa shape index (κ2) is 7.00. The maximum Gasteiger partial charge on any atom is 0.174 e. The van der Waals surface area contributed by atoms with Crippen molar-refractivity contribution in [1.82, 2.24) is 19.9 Å². The number of aromatic nitrogens is 4. The van der Waals surface area contributed by atoms with Gasteiger partial charge in [0.2, 0.25) is 0 Å². The fraction of sp³-hybridized carbons (Fsp3) is 0.143. The fourth-order valence-corrected chi connectivity index (χ4v) is 3.46. The molecule has 0 saturated heterocycles. The Morgan fingerprint density at radius 1 is 1.14 bits per heavy atom. The Labute approximate surface area is 166 Å². The summed E-state index contributed by atoms with van der Waals surface area (Å²) in [5.41, 5.74) is 7.70. The summed E-state index contributed by atoms with van der Waals surface area (Å²) in [6, 6.07) is 9.41. The van der Waals surface area contributed by atoms with Crippen LogP contribution in [-0.4, -0.2) is 25.0 Å². The van der Waals surface area contributed by atoms with Gasteiger partial charge in [0.25, 0.3) is 0 Å². The largest absolute Gasteiger partial charge is 0.382 e. The molecule has 0 saturated carbocycles. The Morgan fingerprint density at radius 2 is 2.00 bits per heavy atom. The van der Waals surface area contributed by atoms with Crippen LogP contribution in [0.2, 0.25) is 0 Å². The van der Waals surface area contributed by atoms with Gasteiger partial charge in [0, 0.05) is 40.0 Å². The molecule has 0 aliphatic carbocycles. The van der Waals surface area contributed by atoms with Gasteiger partial charge in [0.1, 0.15) is 16.3 Å². The molecule has 3 N–H and O–H groups in total. The minimum atomic E-state index is -1.31. The molecular formula is C21H17N5OS. The van der Waals surface area contributed by atoms with E-state index in [1.165, 1.54) is 11.3 Å². The highest BCUT2D eigenvalue weighted by molar-refractivity contribution is 7.09. The number of aryl methyl sites for hydroxylation is 1. The number of hydrogen-bond donors (Lipinski definition) is 2. The van der Waals surface area contributed by atoms with Crippen LogP contribution in [0.15, 0.2) is 48.1 Å². The van der Waals surface area contributed by atoms with E-state index >= 15 is 0 Å². The quantitative estimate of drug-likeness (QED) is 0.512. The average molecular weight is 387 g/mol. The molecule has 138 valence electrons. The van der Waals surface area contributed by atoms with Crippen LogP contribution in [0.1, 0.15) is 23.2 Å². The summed E-state index contributed by atoms with van der Waals surface area (Å²) >= 11 is 1.37. The summed E-state index contributed by atoms with van der Waals surface area (Å²) in [5, 5.41) is 13.8. The second-order valence-electron chi connectivity index (χ2n) is 6.47. The molecule has 4 rings (SSSR count). The lowest BCUT2D eigenvalue weighted by molar-refractivity contribution is 0.122. The van der Waals surface area contributed by atoms with Crippen LogP contribution >= 0.6 is 11.3 Å². The Morgan fingerprint density at radius 3 is 2.79 bits per heavy atom. The molecule has 1 atom stereocenters. The summed E-state index contributed by atoms with van der Waals surface area (Å²) in [7, 11) is 0. The van der Waals surface area contributed by atoms with Crippen molar-refractivity contribution in [2.24, 2.45) is 0 Å². The maximum absolute atomic E-state index is 10.5. The van der Waals surface area contributed by atoms with Crippen molar-refractivity contribution in [3.63, 3.8) is 0 Å². The topological polar surface area (TPSA) is 97.8 Å². The third-order valence-electron chi connectivity index (χ3n) is 4.25. The van der Waals surface area contributed by atoms with Crippen LogP contribution in [0.5, 0.6) is 0 Å². The number of nitrogens with zero attached hydrogens (tertiary/aromatic N) is 4. The number of hydrogen-bond acceptors (Lipinski definition) is 7. The number of thiazole rings is 1. The molecule has 0 amide bonds. The SMILES string of the molecule is Cc1nc(-c2cccc(C#CC(C)(O)c3nccs3)c2)nc2c(N)nccc12. The van der Waals surface area contributed by atoms with Gasteiger partial charge in [0.15, 0.2) is 11.4 Å². The molecule has 4 aromatic rings. The zero-order valence-corrected chi connectivity index (χ0v) is 16.2. The number of nitrogen functional groups attached to an aromatic ring is 1. The summed E-state index contributed by atoms with van der Waals surface area (Å²) in [6.07, 6.45) is 3.30. The molecule has 0 bridgehead atoms. The molecule has 1 aromatic carbocycles. The van der Waals surface area contributed by atoms with Gasteiger partial charge in [-0.05, 0) is 32.0 Å². The molecule has 0 radical (unpaired) electrons. The zero-order valence-electron chi connectivity index (χ0n) is 15.3. The molecule has 0 aliphatic heterocycles. The fourth-order valence-electron chi connectivity index (χ4n) is 2.81. The monoisotopic (exact) mass is 387 g/mol. The highest BCUT2D eigenvalue weighted by Crippen LogP contribution is 2.25. The highest BCUT2D eigenvalue weighted by Gasteiger charge is 2.22. The lowest BCUT2D eigenvalue weighted by Crippen LogP contribution is -2.17. The smallest absolute Gasteiger partial charge is 0.174 e. The Hall–Kier alpha value is -3.34. The van der Waals surface area contributed by atoms with Gasteiger partial charge in [-0.2, -0.15) is 0 Å². The van der Waals surface area contributed by atoms with Crippen molar-refractivity contribution in [3.05, 3.63) is 64.4 Å². The van der Waals surface area contributed by atoms with Gasteiger partial charge < -0.3 is 10.8 Å². The Kier molecular flexibility index (Phi) is 4.51. The van der Waals surface area contributed by atoms with E-state index in [2.05, 4.69) is 31.8 Å². The second-order valence-corrected chi connectivity index (χ2v) is 7.36. The third kappa shape index (κ3) is 3.43. The minimum absolute atomic E-state index is 0.375. The molecule has 3 aromatic heterocycles. The van der Waals surface area contributed by atoms with Gasteiger partial charge in [0.05, 0.1) is 0 Å². The van der Waals surface area contributed by atoms with Gasteiger partial charge >= 0.3 is 0 Å². The van der Waals surface area contributed by atoms with Gasteiger partial charge in [-0.3, -0.25) is 0 Å². The van der Waals surface area contributed by atoms with Gasteiger partial charge in [-0.25, -0.2) is 19.9 Å². The number of pyridine rings is 1. The van der Waals surface area contributed by atoms with Crippen molar-refractivity contribution in [2.75, 3.05) is 5.73 Å². The minimum Gasteiger partial charge on any atom is -0.382 e. The van der Waals surface area contributed by atoms with Gasteiger partial charge in [-0.1, -0.05) is 24.0 Å². The van der Waals surface area contributed by atoms with Crippen molar-refractivity contribution < 1.29 is 5.11 Å².